The molecule has 14 heteroatoms. The summed E-state index contributed by atoms with van der Waals surface area (Å²) in [4.78, 5) is 56.2. The van der Waals surface area contributed by atoms with Crippen molar-refractivity contribution in [1.82, 2.24) is 0 Å². The van der Waals surface area contributed by atoms with E-state index < -0.39 is 127 Å². The monoisotopic (exact) mass is 638 g/mol. The van der Waals surface area contributed by atoms with E-state index in [1.165, 1.54) is 14.2 Å². The molecule has 2 aromatic carbocycles. The Hall–Kier alpha value is -4.44. The first kappa shape index (κ1) is 31.5. The summed E-state index contributed by atoms with van der Waals surface area (Å²) in [5.41, 5.74) is -10.1. The Morgan fingerprint density at radius 2 is 0.891 bits per heavy atom. The second kappa shape index (κ2) is 10.0. The Kier molecular flexibility index (Phi) is 6.88. The van der Waals surface area contributed by atoms with Gasteiger partial charge in [0.1, 0.15) is 46.4 Å². The van der Waals surface area contributed by atoms with Crippen LogP contribution in [0, 0.1) is 11.8 Å². The highest BCUT2D eigenvalue weighted by Crippen LogP contribution is 2.55. The molecule has 0 heterocycles. The third kappa shape index (κ3) is 3.85. The molecule has 4 aliphatic rings. The number of benzene rings is 2. The lowest BCUT2D eigenvalue weighted by molar-refractivity contribution is -0.180. The average molecular weight is 639 g/mol. The molecule has 0 bridgehead atoms. The molecule has 46 heavy (non-hydrogen) atoms. The standard InChI is InChI=1S/C32H30O14/c1-31(43)27(39)19(17-21(29(31)41)23(35)11-5-9(45-3)7-13(33)15(11)25(17)37)20-18-22(30(42)32(2,44)28(20)40)24(36)12-6-10(46-4)8-14(34)16(12)26(18)38/h5-8,19-20,27-30,33-34,39-44H,1-4H3. The number of phenols is 2. The van der Waals surface area contributed by atoms with Crippen molar-refractivity contribution in [3.05, 3.63) is 68.8 Å². The summed E-state index contributed by atoms with van der Waals surface area (Å²) < 4.78 is 10.2. The molecule has 14 nitrogen and oxygen atoms in total. The molecule has 0 aromatic heterocycles. The van der Waals surface area contributed by atoms with E-state index in [9.17, 15) is 60.0 Å². The van der Waals surface area contributed by atoms with Gasteiger partial charge in [-0.3, -0.25) is 19.2 Å². The lowest BCUT2D eigenvalue weighted by atomic mass is 9.54. The Bertz CT molecular complexity index is 1710. The van der Waals surface area contributed by atoms with Crippen molar-refractivity contribution in [2.24, 2.45) is 11.8 Å². The number of carbonyl (C=O) groups is 4. The third-order valence-electron chi connectivity index (χ3n) is 9.74. The van der Waals surface area contributed by atoms with Crippen molar-refractivity contribution in [2.45, 2.75) is 49.5 Å². The molecule has 0 amide bonds. The van der Waals surface area contributed by atoms with Crippen LogP contribution in [-0.4, -0.2) is 114 Å². The van der Waals surface area contributed by atoms with Gasteiger partial charge in [-0.2, -0.15) is 0 Å². The van der Waals surface area contributed by atoms with E-state index in [0.717, 1.165) is 38.1 Å². The number of ketones is 4. The maximum absolute atomic E-state index is 14.2. The van der Waals surface area contributed by atoms with E-state index in [1.54, 1.807) is 0 Å². The van der Waals surface area contributed by atoms with Gasteiger partial charge in [0.15, 0.2) is 23.1 Å². The number of ether oxygens (including phenoxy) is 2. The van der Waals surface area contributed by atoms with Gasteiger partial charge in [-0.05, 0) is 26.0 Å². The largest absolute Gasteiger partial charge is 0.507 e. The lowest BCUT2D eigenvalue weighted by Crippen LogP contribution is -2.66. The summed E-state index contributed by atoms with van der Waals surface area (Å²) in [7, 11) is 2.47. The van der Waals surface area contributed by atoms with Gasteiger partial charge in [-0.25, -0.2) is 0 Å². The first-order chi connectivity index (χ1) is 21.4. The minimum absolute atomic E-state index is 0.0287. The molecule has 0 spiro atoms. The summed E-state index contributed by atoms with van der Waals surface area (Å²) in [6, 6.07) is 4.31. The highest BCUT2D eigenvalue weighted by Gasteiger charge is 2.64. The second-order valence-corrected chi connectivity index (χ2v) is 12.3. The first-order valence-electron chi connectivity index (χ1n) is 14.1. The predicted octanol–water partition coefficient (Wildman–Crippen LogP) is -0.628. The number of methoxy groups -OCH3 is 2. The van der Waals surface area contributed by atoms with Crippen LogP contribution in [0.2, 0.25) is 0 Å². The summed E-state index contributed by atoms with van der Waals surface area (Å²) in [5.74, 6) is -9.92. The molecule has 2 aromatic rings. The van der Waals surface area contributed by atoms with Crippen LogP contribution in [0.1, 0.15) is 55.3 Å². The number of carbonyl (C=O) groups excluding carboxylic acids is 4. The summed E-state index contributed by atoms with van der Waals surface area (Å²) in [6.07, 6.45) is -8.97. The number of rotatable bonds is 3. The van der Waals surface area contributed by atoms with Crippen molar-refractivity contribution < 1.29 is 69.5 Å². The molecule has 6 rings (SSSR count). The Morgan fingerprint density at radius 3 is 1.20 bits per heavy atom. The van der Waals surface area contributed by atoms with Crippen LogP contribution in [0.3, 0.4) is 0 Å². The molecule has 0 radical (unpaired) electrons. The van der Waals surface area contributed by atoms with Gasteiger partial charge in [0.2, 0.25) is 0 Å². The van der Waals surface area contributed by atoms with Gasteiger partial charge in [0, 0.05) is 57.4 Å². The van der Waals surface area contributed by atoms with Gasteiger partial charge in [0.05, 0.1) is 37.6 Å². The van der Waals surface area contributed by atoms with E-state index in [-0.39, 0.29) is 11.5 Å². The maximum Gasteiger partial charge on any atom is 0.194 e. The van der Waals surface area contributed by atoms with Crippen LogP contribution >= 0.6 is 0 Å². The Morgan fingerprint density at radius 1 is 0.565 bits per heavy atom. The smallest absolute Gasteiger partial charge is 0.194 e. The summed E-state index contributed by atoms with van der Waals surface area (Å²) in [5, 5.41) is 90.1. The zero-order valence-corrected chi connectivity index (χ0v) is 24.8. The van der Waals surface area contributed by atoms with Crippen molar-refractivity contribution in [3.63, 3.8) is 0 Å². The number of hydrogen-bond donors (Lipinski definition) is 8. The normalized spacial score (nSPS) is 33.8. The van der Waals surface area contributed by atoms with Crippen LogP contribution in [0.25, 0.3) is 0 Å². The fourth-order valence-electron chi connectivity index (χ4n) is 7.23. The molecule has 8 atom stereocenters. The first-order valence-corrected chi connectivity index (χ1v) is 14.1. The van der Waals surface area contributed by atoms with E-state index >= 15 is 0 Å². The van der Waals surface area contributed by atoms with Crippen LogP contribution in [0.5, 0.6) is 23.0 Å². The maximum atomic E-state index is 14.2. The third-order valence-corrected chi connectivity index (χ3v) is 9.74. The molecular formula is C32H30O14. The van der Waals surface area contributed by atoms with Crippen LogP contribution in [0.4, 0.5) is 0 Å². The number of aliphatic hydroxyl groups excluding tert-OH is 4. The lowest BCUT2D eigenvalue weighted by Gasteiger charge is -2.53. The highest BCUT2D eigenvalue weighted by molar-refractivity contribution is 6.30. The van der Waals surface area contributed by atoms with Crippen molar-refractivity contribution >= 4 is 23.1 Å². The molecule has 0 saturated carbocycles. The minimum Gasteiger partial charge on any atom is -0.507 e. The molecule has 0 saturated heterocycles. The molecule has 242 valence electrons. The predicted molar refractivity (Wildman–Crippen MR) is 153 cm³/mol. The quantitative estimate of drug-likeness (QED) is 0.209. The van der Waals surface area contributed by atoms with Crippen LogP contribution in [0.15, 0.2) is 46.6 Å². The highest BCUT2D eigenvalue weighted by atomic mass is 16.5. The molecule has 8 N–H and O–H groups in total. The van der Waals surface area contributed by atoms with Crippen LogP contribution < -0.4 is 9.47 Å². The molecule has 0 fully saturated rings. The van der Waals surface area contributed by atoms with E-state index in [2.05, 4.69) is 0 Å². The minimum atomic E-state index is -2.64. The fourth-order valence-corrected chi connectivity index (χ4v) is 7.23. The Balaban J connectivity index is 1.67. The number of Topliss-reactive ketones (excluding diaryl/α,β-unsaturated/α-hetero) is 4. The van der Waals surface area contributed by atoms with Crippen molar-refractivity contribution in [2.75, 3.05) is 14.2 Å². The van der Waals surface area contributed by atoms with Gasteiger partial charge in [-0.15, -0.1) is 0 Å². The van der Waals surface area contributed by atoms with Gasteiger partial charge in [0.25, 0.3) is 0 Å². The topological polar surface area (TPSA) is 249 Å². The van der Waals surface area contributed by atoms with Gasteiger partial charge in [-0.1, -0.05) is 0 Å². The van der Waals surface area contributed by atoms with E-state index in [4.69, 9.17) is 9.47 Å². The zero-order valence-electron chi connectivity index (χ0n) is 24.8. The number of fused-ring (bicyclic) bond motifs is 2. The van der Waals surface area contributed by atoms with E-state index in [1.807, 2.05) is 0 Å². The number of hydrogen-bond acceptors (Lipinski definition) is 14. The summed E-state index contributed by atoms with van der Waals surface area (Å²) >= 11 is 0. The zero-order chi connectivity index (χ0) is 33.9. The Labute approximate surface area is 260 Å². The van der Waals surface area contributed by atoms with Crippen molar-refractivity contribution in [1.29, 1.82) is 0 Å². The van der Waals surface area contributed by atoms with Crippen molar-refractivity contribution in [3.8, 4) is 23.0 Å². The number of aliphatic hydroxyl groups is 6. The number of phenolic OH excluding ortho intramolecular Hbond substituents is 2. The fraction of sp³-hybridized carbons (Fsp3) is 0.375. The SMILES string of the molecule is COc1cc(O)c2c(c1)C(=O)C1=C(C2=O)C(C2C3=C(C(=O)c4cc(OC)cc(O)c4C3=O)C(O)C(C)(O)C2O)C(O)C(C)(O)C1O. The van der Waals surface area contributed by atoms with Gasteiger partial charge >= 0.3 is 0 Å². The molecular weight excluding hydrogens is 608 g/mol. The second-order valence-electron chi connectivity index (χ2n) is 12.3. The molecule has 8 unspecified atom stereocenters. The molecule has 4 aliphatic carbocycles. The molecule has 0 aliphatic heterocycles. The number of aromatic hydroxyl groups is 2. The summed E-state index contributed by atoms with van der Waals surface area (Å²) in [6.45, 7) is 1.88. The van der Waals surface area contributed by atoms with E-state index in [0.29, 0.717) is 0 Å². The van der Waals surface area contributed by atoms with Crippen LogP contribution in [-0.2, 0) is 0 Å². The van der Waals surface area contributed by atoms with Gasteiger partial charge < -0.3 is 50.3 Å². The average Bonchev–Trinajstić information content (AvgIpc) is 3.00.